The molecule has 1 N–H and O–H groups in total. The topological polar surface area (TPSA) is 66.5 Å². The van der Waals surface area contributed by atoms with Crippen LogP contribution in [0.25, 0.3) is 0 Å². The molecule has 1 saturated heterocycles. The predicted octanol–water partition coefficient (Wildman–Crippen LogP) is 1.24. The summed E-state index contributed by atoms with van der Waals surface area (Å²) in [5.74, 6) is 2.70. The Morgan fingerprint density at radius 3 is 2.47 bits per heavy atom. The molecule has 1 fully saturated rings. The number of barbiturate groups is 1. The molecule has 19 heavy (non-hydrogen) atoms. The molecular formula is C13H18N2O3S. The number of hydrogen-bond acceptors (Lipinski definition) is 4. The lowest BCUT2D eigenvalue weighted by Gasteiger charge is -2.38. The van der Waals surface area contributed by atoms with Gasteiger partial charge in [0.2, 0.25) is 11.8 Å². The van der Waals surface area contributed by atoms with Crippen molar-refractivity contribution in [2.75, 3.05) is 18.1 Å². The lowest BCUT2D eigenvalue weighted by atomic mass is 9.78. The SMILES string of the molecule is C#CCSCCN1C(=O)NC(=O)C(CC)(CC)C1=O. The average Bonchev–Trinajstić information content (AvgIpc) is 2.39. The van der Waals surface area contributed by atoms with E-state index in [1.54, 1.807) is 13.8 Å². The van der Waals surface area contributed by atoms with Gasteiger partial charge >= 0.3 is 6.03 Å². The van der Waals surface area contributed by atoms with Crippen molar-refractivity contribution in [2.24, 2.45) is 5.41 Å². The molecule has 1 heterocycles. The normalized spacial score (nSPS) is 18.2. The third kappa shape index (κ3) is 2.92. The van der Waals surface area contributed by atoms with Crippen LogP contribution >= 0.6 is 11.8 Å². The Balaban J connectivity index is 2.81. The molecule has 0 radical (unpaired) electrons. The van der Waals surface area contributed by atoms with Gasteiger partial charge < -0.3 is 0 Å². The first-order valence-electron chi connectivity index (χ1n) is 6.22. The van der Waals surface area contributed by atoms with Gasteiger partial charge in [-0.25, -0.2) is 4.79 Å². The number of nitrogens with zero attached hydrogens (tertiary/aromatic N) is 1. The predicted molar refractivity (Wildman–Crippen MR) is 74.4 cm³/mol. The van der Waals surface area contributed by atoms with Crippen molar-refractivity contribution in [3.8, 4) is 12.3 Å². The lowest BCUT2D eigenvalue weighted by molar-refractivity contribution is -0.151. The highest BCUT2D eigenvalue weighted by Gasteiger charge is 2.51. The maximum Gasteiger partial charge on any atom is 0.330 e. The van der Waals surface area contributed by atoms with Gasteiger partial charge in [0.1, 0.15) is 5.41 Å². The number of carbonyl (C=O) groups excluding carboxylic acids is 3. The molecule has 104 valence electrons. The van der Waals surface area contributed by atoms with Crippen LogP contribution in [-0.4, -0.2) is 40.8 Å². The molecule has 6 heteroatoms. The molecule has 0 saturated carbocycles. The highest BCUT2D eigenvalue weighted by Crippen LogP contribution is 2.32. The zero-order valence-corrected chi connectivity index (χ0v) is 12.0. The Labute approximate surface area is 117 Å². The number of thioether (sulfide) groups is 1. The standard InChI is InChI=1S/C13H18N2O3S/c1-4-8-19-9-7-15-11(17)13(5-2,6-3)10(16)14-12(15)18/h1H,5-9H2,2-3H3,(H,14,16,18). The molecule has 0 aromatic carbocycles. The molecule has 0 bridgehead atoms. The van der Waals surface area contributed by atoms with Gasteiger partial charge in [0.15, 0.2) is 0 Å². The van der Waals surface area contributed by atoms with Crippen LogP contribution in [0.15, 0.2) is 0 Å². The summed E-state index contributed by atoms with van der Waals surface area (Å²) < 4.78 is 0. The number of hydrogen-bond donors (Lipinski definition) is 1. The number of terminal acetylenes is 1. The minimum Gasteiger partial charge on any atom is -0.277 e. The van der Waals surface area contributed by atoms with E-state index in [-0.39, 0.29) is 6.54 Å². The molecule has 0 unspecified atom stereocenters. The summed E-state index contributed by atoms with van der Waals surface area (Å²) in [7, 11) is 0. The average molecular weight is 282 g/mol. The number of urea groups is 1. The molecule has 1 rings (SSSR count). The van der Waals surface area contributed by atoms with Crippen molar-refractivity contribution in [1.82, 2.24) is 10.2 Å². The second-order valence-corrected chi connectivity index (χ2v) is 5.37. The summed E-state index contributed by atoms with van der Waals surface area (Å²) in [5.41, 5.74) is -1.11. The monoisotopic (exact) mass is 282 g/mol. The van der Waals surface area contributed by atoms with Crippen LogP contribution in [0.4, 0.5) is 4.79 Å². The molecule has 1 aliphatic rings. The summed E-state index contributed by atoms with van der Waals surface area (Å²) in [6.45, 7) is 3.83. The molecule has 0 aliphatic carbocycles. The summed E-state index contributed by atoms with van der Waals surface area (Å²) in [6.07, 6.45) is 5.90. The van der Waals surface area contributed by atoms with Gasteiger partial charge in [-0.3, -0.25) is 19.8 Å². The Morgan fingerprint density at radius 1 is 1.32 bits per heavy atom. The fraction of sp³-hybridized carbons (Fsp3) is 0.615. The fourth-order valence-electron chi connectivity index (χ4n) is 2.10. The highest BCUT2D eigenvalue weighted by molar-refractivity contribution is 7.99. The van der Waals surface area contributed by atoms with Gasteiger partial charge in [-0.15, -0.1) is 18.2 Å². The molecular weight excluding hydrogens is 264 g/mol. The minimum absolute atomic E-state index is 0.270. The first kappa shape index (κ1) is 15.6. The second-order valence-electron chi connectivity index (χ2n) is 4.26. The van der Waals surface area contributed by atoms with E-state index in [1.807, 2.05) is 0 Å². The number of nitrogens with one attached hydrogen (secondary N) is 1. The van der Waals surface area contributed by atoms with E-state index < -0.39 is 23.3 Å². The first-order chi connectivity index (χ1) is 9.03. The van der Waals surface area contributed by atoms with Crippen LogP contribution in [0, 0.1) is 17.8 Å². The van der Waals surface area contributed by atoms with Crippen molar-refractivity contribution < 1.29 is 14.4 Å². The van der Waals surface area contributed by atoms with Gasteiger partial charge in [0.05, 0.1) is 5.75 Å². The summed E-state index contributed by atoms with van der Waals surface area (Å²) in [6, 6.07) is -0.631. The fourth-order valence-corrected chi connectivity index (χ4v) is 2.67. The molecule has 4 amide bonds. The Kier molecular flexibility index (Phi) is 5.43. The van der Waals surface area contributed by atoms with E-state index >= 15 is 0 Å². The summed E-state index contributed by atoms with van der Waals surface area (Å²) >= 11 is 1.47. The van der Waals surface area contributed by atoms with Crippen molar-refractivity contribution in [2.45, 2.75) is 26.7 Å². The van der Waals surface area contributed by atoms with Crippen molar-refractivity contribution in [3.05, 3.63) is 0 Å². The number of rotatable bonds is 6. The third-order valence-corrected chi connectivity index (χ3v) is 4.25. The van der Waals surface area contributed by atoms with Crippen LogP contribution in [0.3, 0.4) is 0 Å². The van der Waals surface area contributed by atoms with E-state index in [0.717, 1.165) is 4.90 Å². The number of carbonyl (C=O) groups is 3. The molecule has 0 aromatic rings. The maximum atomic E-state index is 12.4. The van der Waals surface area contributed by atoms with Gasteiger partial charge in [0, 0.05) is 12.3 Å². The van der Waals surface area contributed by atoms with E-state index in [4.69, 9.17) is 6.42 Å². The molecule has 0 spiro atoms. The van der Waals surface area contributed by atoms with Crippen LogP contribution in [0.5, 0.6) is 0 Å². The van der Waals surface area contributed by atoms with E-state index in [0.29, 0.717) is 24.3 Å². The maximum absolute atomic E-state index is 12.4. The smallest absolute Gasteiger partial charge is 0.277 e. The molecule has 0 atom stereocenters. The number of imide groups is 2. The van der Waals surface area contributed by atoms with Crippen molar-refractivity contribution >= 4 is 29.6 Å². The Morgan fingerprint density at radius 2 is 1.95 bits per heavy atom. The van der Waals surface area contributed by atoms with Gasteiger partial charge in [-0.1, -0.05) is 19.8 Å². The quantitative estimate of drug-likeness (QED) is 0.452. The largest absolute Gasteiger partial charge is 0.330 e. The summed E-state index contributed by atoms with van der Waals surface area (Å²) in [5, 5.41) is 2.27. The zero-order valence-electron chi connectivity index (χ0n) is 11.2. The molecule has 5 nitrogen and oxygen atoms in total. The highest BCUT2D eigenvalue weighted by atomic mass is 32.2. The van der Waals surface area contributed by atoms with Gasteiger partial charge in [0.25, 0.3) is 0 Å². The van der Waals surface area contributed by atoms with Crippen molar-refractivity contribution in [1.29, 1.82) is 0 Å². The van der Waals surface area contributed by atoms with E-state index in [1.165, 1.54) is 11.8 Å². The Bertz CT molecular complexity index is 424. The van der Waals surface area contributed by atoms with Crippen LogP contribution in [0.2, 0.25) is 0 Å². The molecule has 0 aromatic heterocycles. The van der Waals surface area contributed by atoms with Crippen molar-refractivity contribution in [3.63, 3.8) is 0 Å². The van der Waals surface area contributed by atoms with E-state index in [2.05, 4.69) is 11.2 Å². The third-order valence-electron chi connectivity index (χ3n) is 3.41. The molecule has 1 aliphatic heterocycles. The number of amides is 4. The van der Waals surface area contributed by atoms with Crippen LogP contribution in [-0.2, 0) is 9.59 Å². The summed E-state index contributed by atoms with van der Waals surface area (Å²) in [4.78, 5) is 37.1. The van der Waals surface area contributed by atoms with E-state index in [9.17, 15) is 14.4 Å². The van der Waals surface area contributed by atoms with Crippen LogP contribution < -0.4 is 5.32 Å². The zero-order chi connectivity index (χ0) is 14.5. The van der Waals surface area contributed by atoms with Crippen LogP contribution in [0.1, 0.15) is 26.7 Å². The Hall–Kier alpha value is -1.48. The first-order valence-corrected chi connectivity index (χ1v) is 7.37. The van der Waals surface area contributed by atoms with Gasteiger partial charge in [-0.2, -0.15) is 0 Å². The second kappa shape index (κ2) is 6.62. The minimum atomic E-state index is -1.11. The lowest BCUT2D eigenvalue weighted by Crippen LogP contribution is -2.63. The van der Waals surface area contributed by atoms with Gasteiger partial charge in [-0.05, 0) is 12.8 Å².